The molecule has 0 amide bonds. The van der Waals surface area contributed by atoms with Gasteiger partial charge in [-0.05, 0) is 84.5 Å². The van der Waals surface area contributed by atoms with Crippen LogP contribution in [-0.4, -0.2) is 32.9 Å². The molecule has 0 aliphatic carbocycles. The maximum Gasteiger partial charge on any atom is 0.0644 e. The first kappa shape index (κ1) is 21.8. The Morgan fingerprint density at radius 3 is 2.23 bits per heavy atom. The molecule has 4 nitrogen and oxygen atoms in total. The summed E-state index contributed by atoms with van der Waals surface area (Å²) in [6.45, 7) is 12.3. The first-order chi connectivity index (χ1) is 15.0. The largest absolute Gasteiger partial charge is 0.395 e. The number of nitrogens with one attached hydrogen (secondary N) is 1. The SMILES string of the molecule is CCc1c(C)c(CC)c(C)c(C(c2cn[nH]c2)N2Cc3ccccc3CC2CO)c1C. The zero-order valence-corrected chi connectivity index (χ0v) is 19.5. The van der Waals surface area contributed by atoms with E-state index in [1.54, 1.807) is 0 Å². The second-order valence-corrected chi connectivity index (χ2v) is 8.87. The molecule has 2 unspecified atom stereocenters. The van der Waals surface area contributed by atoms with Crippen molar-refractivity contribution in [3.05, 3.63) is 86.7 Å². The Kier molecular flexibility index (Phi) is 6.31. The molecule has 0 bridgehead atoms. The van der Waals surface area contributed by atoms with Gasteiger partial charge in [-0.15, -0.1) is 0 Å². The number of benzene rings is 2. The Morgan fingerprint density at radius 2 is 1.68 bits per heavy atom. The zero-order chi connectivity index (χ0) is 22.1. The summed E-state index contributed by atoms with van der Waals surface area (Å²) in [6, 6.07) is 8.79. The van der Waals surface area contributed by atoms with Crippen LogP contribution in [0.1, 0.15) is 70.0 Å². The van der Waals surface area contributed by atoms with Crippen molar-refractivity contribution in [2.24, 2.45) is 0 Å². The number of hydrogen-bond donors (Lipinski definition) is 2. The number of aromatic amines is 1. The molecule has 2 N–H and O–H groups in total. The Balaban J connectivity index is 1.94. The first-order valence-corrected chi connectivity index (χ1v) is 11.5. The lowest BCUT2D eigenvalue weighted by atomic mass is 9.80. The van der Waals surface area contributed by atoms with Gasteiger partial charge in [-0.25, -0.2) is 0 Å². The highest BCUT2D eigenvalue weighted by Crippen LogP contribution is 2.41. The van der Waals surface area contributed by atoms with Gasteiger partial charge in [0.25, 0.3) is 0 Å². The third-order valence-electron chi connectivity index (χ3n) is 7.37. The lowest BCUT2D eigenvalue weighted by molar-refractivity contribution is 0.0793. The van der Waals surface area contributed by atoms with Gasteiger partial charge in [-0.3, -0.25) is 10.00 Å². The Bertz CT molecular complexity index is 1020. The third kappa shape index (κ3) is 3.72. The molecule has 0 fully saturated rings. The number of fused-ring (bicyclic) bond motifs is 1. The molecule has 0 saturated carbocycles. The van der Waals surface area contributed by atoms with Crippen LogP contribution in [0.25, 0.3) is 0 Å². The van der Waals surface area contributed by atoms with Crippen LogP contribution >= 0.6 is 0 Å². The summed E-state index contributed by atoms with van der Waals surface area (Å²) in [5.74, 6) is 0. The summed E-state index contributed by atoms with van der Waals surface area (Å²) in [5.41, 5.74) is 12.4. The number of nitrogens with zero attached hydrogens (tertiary/aromatic N) is 2. The van der Waals surface area contributed by atoms with Crippen molar-refractivity contribution in [1.29, 1.82) is 0 Å². The third-order valence-corrected chi connectivity index (χ3v) is 7.37. The van der Waals surface area contributed by atoms with Crippen LogP contribution in [0, 0.1) is 20.8 Å². The molecule has 0 saturated heterocycles. The number of hydrogen-bond acceptors (Lipinski definition) is 3. The van der Waals surface area contributed by atoms with E-state index < -0.39 is 0 Å². The van der Waals surface area contributed by atoms with Gasteiger partial charge in [-0.2, -0.15) is 5.10 Å². The molecule has 4 heteroatoms. The molecule has 2 heterocycles. The predicted molar refractivity (Wildman–Crippen MR) is 126 cm³/mol. The van der Waals surface area contributed by atoms with Gasteiger partial charge in [0, 0.05) is 24.3 Å². The van der Waals surface area contributed by atoms with Crippen LogP contribution in [0.2, 0.25) is 0 Å². The van der Waals surface area contributed by atoms with E-state index in [1.165, 1.54) is 44.5 Å². The molecule has 31 heavy (non-hydrogen) atoms. The fourth-order valence-electron chi connectivity index (χ4n) is 5.84. The standard InChI is InChI=1S/C27H35N3O/c1-6-24-17(3)25(7-2)19(5)26(18(24)4)27(22-13-28-29-14-22)30-15-21-11-9-8-10-20(21)12-23(30)16-31/h8-11,13-14,23,27,31H,6-7,12,15-16H2,1-5H3,(H,28,29). The number of rotatable bonds is 6. The molecule has 164 valence electrons. The maximum atomic E-state index is 10.4. The zero-order valence-electron chi connectivity index (χ0n) is 19.5. The Morgan fingerprint density at radius 1 is 1.03 bits per heavy atom. The second kappa shape index (κ2) is 8.97. The minimum atomic E-state index is 0.0560. The normalized spacial score (nSPS) is 17.5. The molecule has 1 aliphatic heterocycles. The van der Waals surface area contributed by atoms with Gasteiger partial charge in [0.15, 0.2) is 0 Å². The number of aromatic nitrogens is 2. The molecule has 0 spiro atoms. The molecule has 2 aromatic carbocycles. The predicted octanol–water partition coefficient (Wildman–Crippen LogP) is 4.97. The van der Waals surface area contributed by atoms with Crippen LogP contribution in [0.15, 0.2) is 36.7 Å². The van der Waals surface area contributed by atoms with Crippen LogP contribution in [-0.2, 0) is 25.8 Å². The van der Waals surface area contributed by atoms with E-state index in [1.807, 2.05) is 12.4 Å². The van der Waals surface area contributed by atoms with Crippen LogP contribution in [0.3, 0.4) is 0 Å². The van der Waals surface area contributed by atoms with Gasteiger partial charge in [0.2, 0.25) is 0 Å². The molecular formula is C27H35N3O. The highest BCUT2D eigenvalue weighted by Gasteiger charge is 2.35. The van der Waals surface area contributed by atoms with E-state index in [-0.39, 0.29) is 18.7 Å². The van der Waals surface area contributed by atoms with Crippen molar-refractivity contribution < 1.29 is 5.11 Å². The van der Waals surface area contributed by atoms with Crippen molar-refractivity contribution in [3.8, 4) is 0 Å². The van der Waals surface area contributed by atoms with Gasteiger partial charge in [0.1, 0.15) is 0 Å². The average Bonchev–Trinajstić information content (AvgIpc) is 3.31. The molecule has 0 radical (unpaired) electrons. The van der Waals surface area contributed by atoms with E-state index in [4.69, 9.17) is 0 Å². The number of H-pyrrole nitrogens is 1. The van der Waals surface area contributed by atoms with E-state index >= 15 is 0 Å². The van der Waals surface area contributed by atoms with E-state index in [2.05, 4.69) is 74.0 Å². The van der Waals surface area contributed by atoms with Gasteiger partial charge < -0.3 is 5.11 Å². The van der Waals surface area contributed by atoms with Crippen molar-refractivity contribution in [3.63, 3.8) is 0 Å². The molecular weight excluding hydrogens is 382 g/mol. The minimum absolute atomic E-state index is 0.0560. The lowest BCUT2D eigenvalue weighted by Crippen LogP contribution is -2.45. The topological polar surface area (TPSA) is 52.2 Å². The Hall–Kier alpha value is -2.43. The van der Waals surface area contributed by atoms with Crippen molar-refractivity contribution in [2.45, 2.75) is 72.5 Å². The van der Waals surface area contributed by atoms with Gasteiger partial charge in [-0.1, -0.05) is 38.1 Å². The maximum absolute atomic E-state index is 10.4. The quantitative estimate of drug-likeness (QED) is 0.595. The molecule has 1 aromatic heterocycles. The van der Waals surface area contributed by atoms with Crippen LogP contribution in [0.4, 0.5) is 0 Å². The summed E-state index contributed by atoms with van der Waals surface area (Å²) < 4.78 is 0. The number of aliphatic hydroxyl groups excluding tert-OH is 1. The summed E-state index contributed by atoms with van der Waals surface area (Å²) in [7, 11) is 0. The average molecular weight is 418 g/mol. The van der Waals surface area contributed by atoms with Gasteiger partial charge in [0.05, 0.1) is 18.8 Å². The van der Waals surface area contributed by atoms with Crippen molar-refractivity contribution >= 4 is 0 Å². The summed E-state index contributed by atoms with van der Waals surface area (Å²) in [6.07, 6.45) is 6.90. The highest BCUT2D eigenvalue weighted by atomic mass is 16.3. The molecule has 4 rings (SSSR count). The van der Waals surface area contributed by atoms with E-state index in [9.17, 15) is 5.11 Å². The summed E-state index contributed by atoms with van der Waals surface area (Å²) >= 11 is 0. The van der Waals surface area contributed by atoms with Crippen LogP contribution < -0.4 is 0 Å². The lowest BCUT2D eigenvalue weighted by Gasteiger charge is -2.43. The number of aliphatic hydroxyl groups is 1. The summed E-state index contributed by atoms with van der Waals surface area (Å²) in [5, 5.41) is 17.7. The fraction of sp³-hybridized carbons (Fsp3) is 0.444. The monoisotopic (exact) mass is 417 g/mol. The van der Waals surface area contributed by atoms with Crippen molar-refractivity contribution in [2.75, 3.05) is 6.61 Å². The summed E-state index contributed by atoms with van der Waals surface area (Å²) in [4.78, 5) is 2.50. The fourth-order valence-corrected chi connectivity index (χ4v) is 5.84. The minimum Gasteiger partial charge on any atom is -0.395 e. The Labute approximate surface area is 186 Å². The second-order valence-electron chi connectivity index (χ2n) is 8.87. The van der Waals surface area contributed by atoms with E-state index in [0.717, 1.165) is 31.4 Å². The van der Waals surface area contributed by atoms with Crippen molar-refractivity contribution in [1.82, 2.24) is 15.1 Å². The first-order valence-electron chi connectivity index (χ1n) is 11.5. The van der Waals surface area contributed by atoms with E-state index in [0.29, 0.717) is 0 Å². The molecule has 1 aliphatic rings. The van der Waals surface area contributed by atoms with Crippen LogP contribution in [0.5, 0.6) is 0 Å². The highest BCUT2D eigenvalue weighted by molar-refractivity contribution is 5.54. The molecule has 2 atom stereocenters. The smallest absolute Gasteiger partial charge is 0.0644 e. The molecule has 3 aromatic rings. The van der Waals surface area contributed by atoms with Gasteiger partial charge >= 0.3 is 0 Å².